The SMILES string of the molecule is O=CCC(CO)n1cc(C(=O)c2cncc(NC(=O)Cc3ccc(C(F)(F)F)cc3)c2)c2cncnc21. The molecule has 0 spiro atoms. The van der Waals surface area contributed by atoms with Crippen LogP contribution < -0.4 is 5.32 Å². The van der Waals surface area contributed by atoms with Crippen LogP contribution in [0.15, 0.2) is 61.4 Å². The van der Waals surface area contributed by atoms with Crippen LogP contribution in [0.25, 0.3) is 11.0 Å². The van der Waals surface area contributed by atoms with Gasteiger partial charge in [-0.25, -0.2) is 9.97 Å². The molecular formula is C25H20F3N5O4. The molecule has 3 aromatic heterocycles. The molecule has 1 atom stereocenters. The Bertz CT molecular complexity index is 1450. The molecule has 0 radical (unpaired) electrons. The number of amides is 1. The summed E-state index contributed by atoms with van der Waals surface area (Å²) < 4.78 is 39.7. The van der Waals surface area contributed by atoms with Gasteiger partial charge in [-0.3, -0.25) is 14.6 Å². The third kappa shape index (κ3) is 5.70. The highest BCUT2D eigenvalue weighted by Gasteiger charge is 2.30. The number of ketones is 1. The molecule has 3 heterocycles. The number of pyridine rings is 1. The van der Waals surface area contributed by atoms with Gasteiger partial charge in [0.15, 0.2) is 5.78 Å². The molecule has 0 aliphatic carbocycles. The van der Waals surface area contributed by atoms with Crippen molar-refractivity contribution in [3.8, 4) is 0 Å². The number of benzene rings is 1. The summed E-state index contributed by atoms with van der Waals surface area (Å²) in [5.41, 5.74) is 0.522. The summed E-state index contributed by atoms with van der Waals surface area (Å²) >= 11 is 0. The fourth-order valence-corrected chi connectivity index (χ4v) is 3.83. The Kier molecular flexibility index (Phi) is 7.39. The van der Waals surface area contributed by atoms with Gasteiger partial charge in [-0.05, 0) is 23.8 Å². The van der Waals surface area contributed by atoms with E-state index >= 15 is 0 Å². The van der Waals surface area contributed by atoms with Gasteiger partial charge in [0.25, 0.3) is 0 Å². The number of aliphatic hydroxyl groups excluding tert-OH is 1. The van der Waals surface area contributed by atoms with Gasteiger partial charge in [-0.2, -0.15) is 13.2 Å². The van der Waals surface area contributed by atoms with Gasteiger partial charge in [-0.15, -0.1) is 0 Å². The zero-order valence-electron chi connectivity index (χ0n) is 19.1. The number of aromatic nitrogens is 4. The second kappa shape index (κ2) is 10.7. The maximum Gasteiger partial charge on any atom is 0.416 e. The van der Waals surface area contributed by atoms with Crippen LogP contribution in [0.2, 0.25) is 0 Å². The smallest absolute Gasteiger partial charge is 0.394 e. The van der Waals surface area contributed by atoms with Crippen molar-refractivity contribution in [2.24, 2.45) is 0 Å². The molecule has 4 rings (SSSR count). The molecule has 0 saturated carbocycles. The second-order valence-corrected chi connectivity index (χ2v) is 8.16. The largest absolute Gasteiger partial charge is 0.416 e. The number of anilines is 1. The average molecular weight is 511 g/mol. The number of alkyl halides is 3. The van der Waals surface area contributed by atoms with Crippen molar-refractivity contribution >= 4 is 34.7 Å². The standard InChI is InChI=1S/C25H20F3N5O4/c26-25(27,28)17-3-1-15(2-4-17)7-22(36)32-18-8-16(9-29-10-18)23(37)21-12-33(19(13-35)5-6-34)24-20(21)11-30-14-31-24/h1-4,6,8-12,14,19,35H,5,7,13H2,(H,32,36). The maximum atomic E-state index is 13.3. The summed E-state index contributed by atoms with van der Waals surface area (Å²) in [6.45, 7) is -0.345. The number of aldehydes is 1. The van der Waals surface area contributed by atoms with Crippen molar-refractivity contribution < 1.29 is 32.7 Å². The van der Waals surface area contributed by atoms with Gasteiger partial charge in [0.2, 0.25) is 5.91 Å². The molecule has 12 heteroatoms. The Balaban J connectivity index is 1.54. The monoisotopic (exact) mass is 511 g/mol. The van der Waals surface area contributed by atoms with Gasteiger partial charge >= 0.3 is 6.18 Å². The van der Waals surface area contributed by atoms with E-state index in [0.717, 1.165) is 12.1 Å². The molecule has 1 aromatic carbocycles. The number of nitrogens with one attached hydrogen (secondary N) is 1. The van der Waals surface area contributed by atoms with Gasteiger partial charge in [0.05, 0.1) is 42.1 Å². The first-order valence-electron chi connectivity index (χ1n) is 11.0. The lowest BCUT2D eigenvalue weighted by Crippen LogP contribution is -2.15. The lowest BCUT2D eigenvalue weighted by Gasteiger charge is -2.13. The van der Waals surface area contributed by atoms with Crippen LogP contribution in [0.5, 0.6) is 0 Å². The molecule has 0 fully saturated rings. The van der Waals surface area contributed by atoms with Gasteiger partial charge in [0, 0.05) is 36.0 Å². The van der Waals surface area contributed by atoms with Crippen molar-refractivity contribution in [1.29, 1.82) is 0 Å². The molecular weight excluding hydrogens is 491 g/mol. The van der Waals surface area contributed by atoms with E-state index < -0.39 is 29.5 Å². The minimum Gasteiger partial charge on any atom is -0.394 e. The highest BCUT2D eigenvalue weighted by atomic mass is 19.4. The molecule has 0 saturated heterocycles. The summed E-state index contributed by atoms with van der Waals surface area (Å²) in [5.74, 6) is -0.955. The predicted octanol–water partition coefficient (Wildman–Crippen LogP) is 3.38. The number of rotatable bonds is 9. The highest BCUT2D eigenvalue weighted by Crippen LogP contribution is 2.29. The number of fused-ring (bicyclic) bond motifs is 1. The van der Waals surface area contributed by atoms with E-state index in [1.165, 1.54) is 49.3 Å². The number of halogens is 3. The Hall–Kier alpha value is -4.45. The lowest BCUT2D eigenvalue weighted by atomic mass is 10.1. The molecule has 0 aliphatic rings. The van der Waals surface area contributed by atoms with Gasteiger partial charge < -0.3 is 19.8 Å². The highest BCUT2D eigenvalue weighted by molar-refractivity contribution is 6.16. The zero-order chi connectivity index (χ0) is 26.6. The van der Waals surface area contributed by atoms with E-state index in [1.807, 2.05) is 0 Å². The van der Waals surface area contributed by atoms with Crippen LogP contribution in [0, 0.1) is 0 Å². The third-order valence-corrected chi connectivity index (χ3v) is 5.64. The van der Waals surface area contributed by atoms with E-state index in [0.29, 0.717) is 22.9 Å². The van der Waals surface area contributed by atoms with Crippen molar-refractivity contribution in [3.05, 3.63) is 83.7 Å². The normalized spacial score (nSPS) is 12.3. The summed E-state index contributed by atoms with van der Waals surface area (Å²) in [4.78, 5) is 49.0. The van der Waals surface area contributed by atoms with Gasteiger partial charge in [-0.1, -0.05) is 12.1 Å². The Labute approximate surface area is 208 Å². The van der Waals surface area contributed by atoms with Crippen LogP contribution in [-0.2, 0) is 22.2 Å². The Morgan fingerprint density at radius 2 is 1.86 bits per heavy atom. The van der Waals surface area contributed by atoms with E-state index in [9.17, 15) is 32.7 Å². The molecule has 4 aromatic rings. The number of hydrogen-bond acceptors (Lipinski definition) is 7. The molecule has 9 nitrogen and oxygen atoms in total. The quantitative estimate of drug-likeness (QED) is 0.261. The predicted molar refractivity (Wildman–Crippen MR) is 126 cm³/mol. The van der Waals surface area contributed by atoms with Crippen molar-refractivity contribution in [3.63, 3.8) is 0 Å². The van der Waals surface area contributed by atoms with Crippen LogP contribution in [0.3, 0.4) is 0 Å². The number of hydrogen-bond donors (Lipinski definition) is 2. The van der Waals surface area contributed by atoms with E-state index in [4.69, 9.17) is 0 Å². The summed E-state index contributed by atoms with van der Waals surface area (Å²) in [6.07, 6.45) is 2.90. The minimum atomic E-state index is -4.47. The van der Waals surface area contributed by atoms with Crippen LogP contribution >= 0.6 is 0 Å². The number of carbonyl (C=O) groups is 3. The lowest BCUT2D eigenvalue weighted by molar-refractivity contribution is -0.137. The Morgan fingerprint density at radius 1 is 1.11 bits per heavy atom. The van der Waals surface area contributed by atoms with E-state index in [1.54, 1.807) is 4.57 Å². The van der Waals surface area contributed by atoms with Crippen molar-refractivity contribution in [1.82, 2.24) is 19.5 Å². The third-order valence-electron chi connectivity index (χ3n) is 5.64. The Morgan fingerprint density at radius 3 is 2.54 bits per heavy atom. The number of aliphatic hydroxyl groups is 1. The topological polar surface area (TPSA) is 127 Å². The molecule has 1 amide bonds. The summed E-state index contributed by atoms with van der Waals surface area (Å²) in [5, 5.41) is 12.7. The number of nitrogens with zero attached hydrogens (tertiary/aromatic N) is 4. The van der Waals surface area contributed by atoms with Crippen molar-refractivity contribution in [2.45, 2.75) is 25.1 Å². The molecule has 190 valence electrons. The number of carbonyl (C=O) groups excluding carboxylic acids is 3. The maximum absolute atomic E-state index is 13.3. The zero-order valence-corrected chi connectivity index (χ0v) is 19.1. The summed E-state index contributed by atoms with van der Waals surface area (Å²) in [7, 11) is 0. The van der Waals surface area contributed by atoms with Gasteiger partial charge in [0.1, 0.15) is 18.3 Å². The van der Waals surface area contributed by atoms with Crippen LogP contribution in [0.1, 0.15) is 39.5 Å². The first-order chi connectivity index (χ1) is 17.7. The molecule has 37 heavy (non-hydrogen) atoms. The second-order valence-electron chi connectivity index (χ2n) is 8.16. The average Bonchev–Trinajstić information content (AvgIpc) is 3.26. The van der Waals surface area contributed by atoms with Crippen LogP contribution in [0.4, 0.5) is 18.9 Å². The van der Waals surface area contributed by atoms with E-state index in [-0.39, 0.29) is 36.3 Å². The molecule has 1 unspecified atom stereocenters. The van der Waals surface area contributed by atoms with Crippen molar-refractivity contribution in [2.75, 3.05) is 11.9 Å². The first-order valence-corrected chi connectivity index (χ1v) is 11.0. The van der Waals surface area contributed by atoms with Crippen LogP contribution in [-0.4, -0.2) is 49.2 Å². The fourth-order valence-electron chi connectivity index (χ4n) is 3.83. The molecule has 2 N–H and O–H groups in total. The minimum absolute atomic E-state index is 0.0138. The summed E-state index contributed by atoms with van der Waals surface area (Å²) in [6, 6.07) is 5.05. The van der Waals surface area contributed by atoms with E-state index in [2.05, 4.69) is 20.3 Å². The fraction of sp³-hybridized carbons (Fsp3) is 0.200. The first kappa shape index (κ1) is 25.6. The molecule has 0 bridgehead atoms. The molecule has 0 aliphatic heterocycles.